The predicted octanol–water partition coefficient (Wildman–Crippen LogP) is 2.39. The largest absolute Gasteiger partial charge is 0.381 e. The minimum atomic E-state index is -3.72. The van der Waals surface area contributed by atoms with Crippen molar-refractivity contribution in [3.05, 3.63) is 59.4 Å². The predicted molar refractivity (Wildman–Crippen MR) is 76.3 cm³/mol. The Bertz CT molecular complexity index is 730. The lowest BCUT2D eigenvalue weighted by atomic mass is 10.1. The summed E-state index contributed by atoms with van der Waals surface area (Å²) in [4.78, 5) is 0.0402. The van der Waals surface area contributed by atoms with Gasteiger partial charge in [0.2, 0.25) is 10.0 Å². The number of hydrogen-bond donors (Lipinski definition) is 2. The average molecular weight is 294 g/mol. The van der Waals surface area contributed by atoms with Crippen LogP contribution >= 0.6 is 0 Å². The van der Waals surface area contributed by atoms with Crippen LogP contribution in [0.1, 0.15) is 11.1 Å². The zero-order valence-electron chi connectivity index (χ0n) is 10.9. The van der Waals surface area contributed by atoms with E-state index in [0.717, 1.165) is 11.1 Å². The summed E-state index contributed by atoms with van der Waals surface area (Å²) in [5.74, 6) is -0.300. The maximum Gasteiger partial charge on any atom is 0.238 e. The van der Waals surface area contributed by atoms with Crippen molar-refractivity contribution in [2.24, 2.45) is 5.14 Å². The molecule has 3 N–H and O–H groups in total. The molecule has 0 aromatic heterocycles. The maximum absolute atomic E-state index is 13.2. The number of primary sulfonamides is 1. The molecule has 0 unspecified atom stereocenters. The van der Waals surface area contributed by atoms with Crippen LogP contribution < -0.4 is 10.5 Å². The highest BCUT2D eigenvalue weighted by molar-refractivity contribution is 7.89. The van der Waals surface area contributed by atoms with E-state index in [1.807, 2.05) is 6.92 Å². The monoisotopic (exact) mass is 294 g/mol. The van der Waals surface area contributed by atoms with Gasteiger partial charge in [0.05, 0.1) is 4.90 Å². The first-order valence-corrected chi connectivity index (χ1v) is 7.52. The molecule has 0 radical (unpaired) electrons. The molecule has 0 saturated carbocycles. The van der Waals surface area contributed by atoms with Crippen LogP contribution in [0.3, 0.4) is 0 Å². The van der Waals surface area contributed by atoms with E-state index in [-0.39, 0.29) is 10.7 Å². The van der Waals surface area contributed by atoms with Gasteiger partial charge in [0.1, 0.15) is 5.82 Å². The van der Waals surface area contributed by atoms with Gasteiger partial charge in [-0.2, -0.15) is 0 Å². The number of hydrogen-bond acceptors (Lipinski definition) is 3. The molecule has 0 atom stereocenters. The lowest BCUT2D eigenvalue weighted by molar-refractivity contribution is 0.598. The third-order valence-corrected chi connectivity index (χ3v) is 3.87. The molecule has 0 heterocycles. The molecule has 0 amide bonds. The minimum Gasteiger partial charge on any atom is -0.381 e. The smallest absolute Gasteiger partial charge is 0.238 e. The van der Waals surface area contributed by atoms with Crippen molar-refractivity contribution in [3.8, 4) is 0 Å². The van der Waals surface area contributed by atoms with Crippen molar-refractivity contribution >= 4 is 15.7 Å². The van der Waals surface area contributed by atoms with Crippen molar-refractivity contribution < 1.29 is 12.8 Å². The van der Waals surface area contributed by atoms with Gasteiger partial charge in [-0.1, -0.05) is 12.1 Å². The Morgan fingerprint density at radius 3 is 2.65 bits per heavy atom. The SMILES string of the molecule is Cc1ccc(F)cc1CNc1cccc(S(N)(=O)=O)c1. The third kappa shape index (κ3) is 3.55. The molecule has 2 aromatic rings. The Kier molecular flexibility index (Phi) is 4.06. The van der Waals surface area contributed by atoms with Crippen LogP contribution in [0.15, 0.2) is 47.4 Å². The summed E-state index contributed by atoms with van der Waals surface area (Å²) in [7, 11) is -3.72. The van der Waals surface area contributed by atoms with Gasteiger partial charge in [0.15, 0.2) is 0 Å². The highest BCUT2D eigenvalue weighted by Gasteiger charge is 2.08. The quantitative estimate of drug-likeness (QED) is 0.909. The van der Waals surface area contributed by atoms with Crippen LogP contribution in [0.25, 0.3) is 0 Å². The van der Waals surface area contributed by atoms with Gasteiger partial charge < -0.3 is 5.32 Å². The molecule has 4 nitrogen and oxygen atoms in total. The van der Waals surface area contributed by atoms with E-state index in [0.29, 0.717) is 12.2 Å². The van der Waals surface area contributed by atoms with Crippen LogP contribution in [-0.2, 0) is 16.6 Å². The van der Waals surface area contributed by atoms with Crippen LogP contribution in [-0.4, -0.2) is 8.42 Å². The number of rotatable bonds is 4. The zero-order chi connectivity index (χ0) is 14.8. The van der Waals surface area contributed by atoms with E-state index in [1.165, 1.54) is 24.3 Å². The molecule has 0 saturated heterocycles. The summed E-state index contributed by atoms with van der Waals surface area (Å²) in [6.45, 7) is 2.29. The van der Waals surface area contributed by atoms with Gasteiger partial charge in [0.25, 0.3) is 0 Å². The number of nitrogens with one attached hydrogen (secondary N) is 1. The summed E-state index contributed by atoms with van der Waals surface area (Å²) in [6.07, 6.45) is 0. The van der Waals surface area contributed by atoms with Gasteiger partial charge in [0, 0.05) is 12.2 Å². The number of halogens is 1. The van der Waals surface area contributed by atoms with Gasteiger partial charge >= 0.3 is 0 Å². The number of benzene rings is 2. The molecule has 6 heteroatoms. The molecular weight excluding hydrogens is 279 g/mol. The molecule has 0 spiro atoms. The lowest BCUT2D eigenvalue weighted by Crippen LogP contribution is -2.12. The van der Waals surface area contributed by atoms with E-state index in [1.54, 1.807) is 18.2 Å². The molecule has 2 rings (SSSR count). The van der Waals surface area contributed by atoms with Crippen LogP contribution in [0.2, 0.25) is 0 Å². The Hall–Kier alpha value is -1.92. The van der Waals surface area contributed by atoms with Crippen molar-refractivity contribution in [3.63, 3.8) is 0 Å². The Balaban J connectivity index is 2.17. The van der Waals surface area contributed by atoms with Crippen LogP contribution in [0, 0.1) is 12.7 Å². The van der Waals surface area contributed by atoms with E-state index in [2.05, 4.69) is 5.32 Å². The van der Waals surface area contributed by atoms with Gasteiger partial charge in [-0.05, 0) is 48.4 Å². The summed E-state index contributed by atoms with van der Waals surface area (Å²) < 4.78 is 35.7. The van der Waals surface area contributed by atoms with Gasteiger partial charge in [-0.15, -0.1) is 0 Å². The molecule has 0 aliphatic heterocycles. The Morgan fingerprint density at radius 2 is 1.95 bits per heavy atom. The summed E-state index contributed by atoms with van der Waals surface area (Å²) >= 11 is 0. The standard InChI is InChI=1S/C14H15FN2O2S/c1-10-5-6-12(15)7-11(10)9-17-13-3-2-4-14(8-13)20(16,18)19/h2-8,17H,9H2,1H3,(H2,16,18,19). The van der Waals surface area contributed by atoms with Gasteiger partial charge in [-0.3, -0.25) is 0 Å². The Morgan fingerprint density at radius 1 is 1.20 bits per heavy atom. The van der Waals surface area contributed by atoms with Crippen LogP contribution in [0.4, 0.5) is 10.1 Å². The van der Waals surface area contributed by atoms with Crippen molar-refractivity contribution in [2.75, 3.05) is 5.32 Å². The molecule has 0 aliphatic carbocycles. The van der Waals surface area contributed by atoms with Gasteiger partial charge in [-0.25, -0.2) is 17.9 Å². The fourth-order valence-electron chi connectivity index (χ4n) is 1.81. The normalized spacial score (nSPS) is 11.3. The van der Waals surface area contributed by atoms with E-state index in [9.17, 15) is 12.8 Å². The van der Waals surface area contributed by atoms with E-state index < -0.39 is 10.0 Å². The molecule has 0 bridgehead atoms. The molecule has 2 aromatic carbocycles. The average Bonchev–Trinajstić information content (AvgIpc) is 2.39. The zero-order valence-corrected chi connectivity index (χ0v) is 11.7. The second kappa shape index (κ2) is 5.60. The van der Waals surface area contributed by atoms with E-state index >= 15 is 0 Å². The second-order valence-corrected chi connectivity index (χ2v) is 6.06. The van der Waals surface area contributed by atoms with Crippen molar-refractivity contribution in [1.82, 2.24) is 0 Å². The number of aryl methyl sites for hydroxylation is 1. The molecule has 0 aliphatic rings. The third-order valence-electron chi connectivity index (χ3n) is 2.96. The number of sulfonamides is 1. The lowest BCUT2D eigenvalue weighted by Gasteiger charge is -2.10. The highest BCUT2D eigenvalue weighted by Crippen LogP contribution is 2.16. The summed E-state index contributed by atoms with van der Waals surface area (Å²) in [5, 5.41) is 8.13. The maximum atomic E-state index is 13.2. The topological polar surface area (TPSA) is 72.2 Å². The summed E-state index contributed by atoms with van der Waals surface area (Å²) in [5.41, 5.74) is 2.38. The van der Waals surface area contributed by atoms with E-state index in [4.69, 9.17) is 5.14 Å². The first-order chi connectivity index (χ1) is 9.36. The first kappa shape index (κ1) is 14.5. The van der Waals surface area contributed by atoms with Crippen molar-refractivity contribution in [2.45, 2.75) is 18.4 Å². The molecule has 0 fully saturated rings. The molecule has 20 heavy (non-hydrogen) atoms. The highest BCUT2D eigenvalue weighted by atomic mass is 32.2. The van der Waals surface area contributed by atoms with Crippen LogP contribution in [0.5, 0.6) is 0 Å². The number of anilines is 1. The fraction of sp³-hybridized carbons (Fsp3) is 0.143. The second-order valence-electron chi connectivity index (χ2n) is 4.50. The molecule has 106 valence electrons. The first-order valence-electron chi connectivity index (χ1n) is 5.98. The Labute approximate surface area is 117 Å². The fourth-order valence-corrected chi connectivity index (χ4v) is 2.37. The minimum absolute atomic E-state index is 0.0402. The molecular formula is C14H15FN2O2S. The summed E-state index contributed by atoms with van der Waals surface area (Å²) in [6, 6.07) is 10.8. The van der Waals surface area contributed by atoms with Crippen molar-refractivity contribution in [1.29, 1.82) is 0 Å². The number of nitrogens with two attached hydrogens (primary N) is 1.